The van der Waals surface area contributed by atoms with Crippen molar-refractivity contribution < 1.29 is 14.0 Å². The number of amides is 2. The molecule has 0 aromatic carbocycles. The molecule has 0 unspecified atom stereocenters. The number of hydrogen-bond acceptors (Lipinski definition) is 4. The van der Waals surface area contributed by atoms with Crippen LogP contribution in [-0.2, 0) is 12.8 Å². The van der Waals surface area contributed by atoms with Gasteiger partial charge in [-0.1, -0.05) is 0 Å². The molecule has 1 fully saturated rings. The van der Waals surface area contributed by atoms with Gasteiger partial charge in [0.2, 0.25) is 0 Å². The second-order valence-corrected chi connectivity index (χ2v) is 6.69. The van der Waals surface area contributed by atoms with Crippen LogP contribution in [0.4, 0.5) is 0 Å². The highest BCUT2D eigenvalue weighted by molar-refractivity contribution is 5.95. The molecular formula is C18H22N4O3. The number of hydrogen-bond donors (Lipinski definition) is 1. The van der Waals surface area contributed by atoms with Gasteiger partial charge in [0.05, 0.1) is 11.8 Å². The first-order chi connectivity index (χ1) is 12.2. The van der Waals surface area contributed by atoms with E-state index in [1.165, 1.54) is 12.5 Å². The van der Waals surface area contributed by atoms with Crippen LogP contribution in [0.3, 0.4) is 0 Å². The summed E-state index contributed by atoms with van der Waals surface area (Å²) in [7, 11) is 0. The molecule has 0 bridgehead atoms. The summed E-state index contributed by atoms with van der Waals surface area (Å²) in [5, 5.41) is 7.32. The molecule has 2 amide bonds. The molecular weight excluding hydrogens is 320 g/mol. The Morgan fingerprint density at radius 1 is 1.00 bits per heavy atom. The molecule has 2 aromatic heterocycles. The van der Waals surface area contributed by atoms with Gasteiger partial charge >= 0.3 is 0 Å². The van der Waals surface area contributed by atoms with Crippen molar-refractivity contribution in [2.75, 3.05) is 26.2 Å². The minimum absolute atomic E-state index is 0.0167. The molecule has 25 heavy (non-hydrogen) atoms. The lowest BCUT2D eigenvalue weighted by molar-refractivity contribution is 0.0714. The Morgan fingerprint density at radius 3 is 2.52 bits per heavy atom. The Morgan fingerprint density at radius 2 is 1.76 bits per heavy atom. The van der Waals surface area contributed by atoms with E-state index in [1.54, 1.807) is 11.0 Å². The van der Waals surface area contributed by atoms with E-state index in [2.05, 4.69) is 10.2 Å². The van der Waals surface area contributed by atoms with Gasteiger partial charge in [0, 0.05) is 37.4 Å². The van der Waals surface area contributed by atoms with E-state index in [-0.39, 0.29) is 11.8 Å². The van der Waals surface area contributed by atoms with Crippen molar-refractivity contribution >= 4 is 11.8 Å². The van der Waals surface area contributed by atoms with E-state index in [1.807, 2.05) is 4.90 Å². The number of aromatic nitrogens is 2. The van der Waals surface area contributed by atoms with Crippen LogP contribution in [0.25, 0.3) is 0 Å². The molecule has 0 saturated carbocycles. The highest BCUT2D eigenvalue weighted by Crippen LogP contribution is 2.23. The Labute approximate surface area is 146 Å². The smallest absolute Gasteiger partial charge is 0.274 e. The summed E-state index contributed by atoms with van der Waals surface area (Å²) in [5.41, 5.74) is 3.33. The first-order valence-electron chi connectivity index (χ1n) is 8.91. The summed E-state index contributed by atoms with van der Waals surface area (Å²) in [4.78, 5) is 29.0. The second kappa shape index (κ2) is 6.74. The highest BCUT2D eigenvalue weighted by atomic mass is 16.3. The second-order valence-electron chi connectivity index (χ2n) is 6.69. The number of nitrogens with zero attached hydrogens (tertiary/aromatic N) is 3. The van der Waals surface area contributed by atoms with Gasteiger partial charge < -0.3 is 14.2 Å². The third-order valence-electron chi connectivity index (χ3n) is 5.10. The minimum atomic E-state index is -0.0415. The lowest BCUT2D eigenvalue weighted by atomic mass is 9.95. The maximum absolute atomic E-state index is 12.9. The molecule has 2 aliphatic rings. The standard InChI is InChI=1S/C18H22N4O3/c23-17(13-6-11-25-12-13)21-7-3-8-22(10-9-21)18(24)16-14-4-1-2-5-15(14)19-20-16/h6,11-12H,1-5,7-10H2,(H,19,20). The summed E-state index contributed by atoms with van der Waals surface area (Å²) in [6, 6.07) is 1.67. The van der Waals surface area contributed by atoms with E-state index >= 15 is 0 Å². The van der Waals surface area contributed by atoms with E-state index in [0.29, 0.717) is 37.4 Å². The third kappa shape index (κ3) is 3.06. The quantitative estimate of drug-likeness (QED) is 0.903. The monoisotopic (exact) mass is 342 g/mol. The highest BCUT2D eigenvalue weighted by Gasteiger charge is 2.28. The predicted octanol–water partition coefficient (Wildman–Crippen LogP) is 1.87. The van der Waals surface area contributed by atoms with Gasteiger partial charge in [0.25, 0.3) is 11.8 Å². The number of carbonyl (C=O) groups is 2. The van der Waals surface area contributed by atoms with E-state index in [4.69, 9.17) is 4.42 Å². The first-order valence-corrected chi connectivity index (χ1v) is 8.91. The fourth-order valence-electron chi connectivity index (χ4n) is 3.70. The molecule has 1 N–H and O–H groups in total. The van der Waals surface area contributed by atoms with Crippen LogP contribution in [0.5, 0.6) is 0 Å². The fourth-order valence-corrected chi connectivity index (χ4v) is 3.70. The maximum Gasteiger partial charge on any atom is 0.274 e. The zero-order chi connectivity index (χ0) is 17.2. The Hall–Kier alpha value is -2.57. The average Bonchev–Trinajstić information content (AvgIpc) is 3.25. The topological polar surface area (TPSA) is 82.4 Å². The number of aromatic amines is 1. The SMILES string of the molecule is O=C(c1ccoc1)N1CCCN(C(=O)c2n[nH]c3c2CCCC3)CC1. The summed E-state index contributed by atoms with van der Waals surface area (Å²) in [6.45, 7) is 2.36. The van der Waals surface area contributed by atoms with Crippen LogP contribution in [-0.4, -0.2) is 58.0 Å². The zero-order valence-corrected chi connectivity index (χ0v) is 14.2. The predicted molar refractivity (Wildman–Crippen MR) is 90.4 cm³/mol. The molecule has 1 saturated heterocycles. The lowest BCUT2D eigenvalue weighted by Gasteiger charge is -2.22. The molecule has 4 rings (SSSR count). The van der Waals surface area contributed by atoms with Crippen molar-refractivity contribution in [2.45, 2.75) is 32.1 Å². The summed E-state index contributed by atoms with van der Waals surface area (Å²) in [6.07, 6.45) is 7.89. The van der Waals surface area contributed by atoms with Gasteiger partial charge in [-0.3, -0.25) is 14.7 Å². The number of furan rings is 1. The van der Waals surface area contributed by atoms with Crippen LogP contribution >= 0.6 is 0 Å². The Balaban J connectivity index is 1.45. The summed E-state index contributed by atoms with van der Waals surface area (Å²) in [5.74, 6) is -0.0581. The molecule has 2 aromatic rings. The molecule has 1 aliphatic carbocycles. The average molecular weight is 342 g/mol. The van der Waals surface area contributed by atoms with E-state index in [0.717, 1.165) is 43.4 Å². The lowest BCUT2D eigenvalue weighted by Crippen LogP contribution is -2.37. The van der Waals surface area contributed by atoms with Crippen molar-refractivity contribution in [1.82, 2.24) is 20.0 Å². The molecule has 1 aliphatic heterocycles. The number of aryl methyl sites for hydroxylation is 1. The van der Waals surface area contributed by atoms with Gasteiger partial charge in [-0.2, -0.15) is 5.10 Å². The van der Waals surface area contributed by atoms with Crippen LogP contribution < -0.4 is 0 Å². The largest absolute Gasteiger partial charge is 0.472 e. The van der Waals surface area contributed by atoms with Crippen LogP contribution in [0.1, 0.15) is 51.4 Å². The number of H-pyrrole nitrogens is 1. The fraction of sp³-hybridized carbons (Fsp3) is 0.500. The van der Waals surface area contributed by atoms with E-state index in [9.17, 15) is 9.59 Å². The molecule has 0 spiro atoms. The molecule has 132 valence electrons. The molecule has 3 heterocycles. The van der Waals surface area contributed by atoms with Gasteiger partial charge in [-0.15, -0.1) is 0 Å². The van der Waals surface area contributed by atoms with Crippen molar-refractivity contribution in [3.8, 4) is 0 Å². The molecule has 7 nitrogen and oxygen atoms in total. The van der Waals surface area contributed by atoms with E-state index < -0.39 is 0 Å². The number of fused-ring (bicyclic) bond motifs is 1. The molecule has 7 heteroatoms. The van der Waals surface area contributed by atoms with Crippen LogP contribution in [0.2, 0.25) is 0 Å². The molecule has 0 radical (unpaired) electrons. The van der Waals surface area contributed by atoms with Crippen molar-refractivity contribution in [3.05, 3.63) is 41.1 Å². The minimum Gasteiger partial charge on any atom is -0.472 e. The number of nitrogens with one attached hydrogen (secondary N) is 1. The van der Waals surface area contributed by atoms with Crippen molar-refractivity contribution in [1.29, 1.82) is 0 Å². The molecule has 0 atom stereocenters. The number of carbonyl (C=O) groups excluding carboxylic acids is 2. The van der Waals surface area contributed by atoms with Crippen molar-refractivity contribution in [2.24, 2.45) is 0 Å². The first kappa shape index (κ1) is 15.9. The van der Waals surface area contributed by atoms with Gasteiger partial charge in [-0.05, 0) is 38.2 Å². The summed E-state index contributed by atoms with van der Waals surface area (Å²) >= 11 is 0. The summed E-state index contributed by atoms with van der Waals surface area (Å²) < 4.78 is 5.00. The van der Waals surface area contributed by atoms with Crippen LogP contribution in [0, 0.1) is 0 Å². The Bertz CT molecular complexity index is 765. The maximum atomic E-state index is 12.9. The van der Waals surface area contributed by atoms with Gasteiger partial charge in [-0.25, -0.2) is 0 Å². The normalized spacial score (nSPS) is 17.9. The Kier molecular flexibility index (Phi) is 4.29. The van der Waals surface area contributed by atoms with Crippen LogP contribution in [0.15, 0.2) is 23.0 Å². The van der Waals surface area contributed by atoms with Gasteiger partial charge in [0.15, 0.2) is 5.69 Å². The zero-order valence-electron chi connectivity index (χ0n) is 14.2. The number of rotatable bonds is 2. The van der Waals surface area contributed by atoms with Gasteiger partial charge in [0.1, 0.15) is 6.26 Å². The third-order valence-corrected chi connectivity index (χ3v) is 5.10. The van der Waals surface area contributed by atoms with Crippen molar-refractivity contribution in [3.63, 3.8) is 0 Å².